The molecular formula is C24H26F3N9O7S3. The number of carboxylic acid groups (broad SMARTS) is 2. The van der Waals surface area contributed by atoms with Gasteiger partial charge < -0.3 is 36.7 Å². The van der Waals surface area contributed by atoms with Crippen LogP contribution < -0.4 is 22.2 Å². The smallest absolute Gasteiger partial charge is 0.477 e. The third-order valence-electron chi connectivity index (χ3n) is 6.23. The second-order valence-corrected chi connectivity index (χ2v) is 12.3. The number of thioether (sulfide) groups is 2. The number of carbonyl (C=O) groups is 4. The maximum Gasteiger partial charge on any atom is 0.490 e. The van der Waals surface area contributed by atoms with Gasteiger partial charge in [0, 0.05) is 42.4 Å². The molecule has 1 fully saturated rings. The monoisotopic (exact) mass is 705 g/mol. The van der Waals surface area contributed by atoms with E-state index < -0.39 is 41.3 Å². The summed E-state index contributed by atoms with van der Waals surface area (Å²) >= 11 is 4.12. The van der Waals surface area contributed by atoms with Gasteiger partial charge in [-0.05, 0) is 17.7 Å². The molecule has 0 saturated carbocycles. The minimum Gasteiger partial charge on any atom is -0.477 e. The Bertz CT molecular complexity index is 1560. The lowest BCUT2D eigenvalue weighted by atomic mass is 10.0. The maximum atomic E-state index is 13.1. The number of thiazole rings is 1. The SMILES string of the molecule is CO/N=C(\C(=O)N[C@@H]1C(=O)N2C(C(=O)O)=C(CN3C=CN4NC(SCCN)=CC=C34)CS[C@@H]12)c1csc(N)n1.O=C(O)C(F)(F)F. The molecule has 4 aliphatic rings. The molecule has 4 aliphatic heterocycles. The van der Waals surface area contributed by atoms with Crippen LogP contribution in [0.3, 0.4) is 0 Å². The molecule has 2 amide bonds. The molecule has 16 nitrogen and oxygen atoms in total. The van der Waals surface area contributed by atoms with E-state index in [1.54, 1.807) is 17.1 Å². The molecule has 248 valence electrons. The van der Waals surface area contributed by atoms with Crippen molar-refractivity contribution in [3.8, 4) is 0 Å². The fraction of sp³-hybridized carbons (Fsp3) is 0.333. The number of anilines is 1. The Balaban J connectivity index is 0.000000617. The second kappa shape index (κ2) is 14.3. The standard InChI is InChI=1S/C22H25N9O5S3.C2HF3O2/c1-36-28-15(12-10-39-22(24)25-12)18(32)26-16-19(33)31-17(21(34)35)11(9-38-20(16)31)8-29-5-6-30-14(29)3-2-13(27-30)37-7-4-23;3-2(4,5)1(6)7/h2-3,5-6,10,16,20,27H,4,7-9,23H2,1H3,(H2,24,25)(H,26,32)(H,34,35);(H,6,7)/b28-15-;/t16-,20+;/m1./s1. The lowest BCUT2D eigenvalue weighted by molar-refractivity contribution is -0.192. The Kier molecular flexibility index (Phi) is 10.7. The summed E-state index contributed by atoms with van der Waals surface area (Å²) in [7, 11) is 1.28. The fourth-order valence-electron chi connectivity index (χ4n) is 4.31. The van der Waals surface area contributed by atoms with Crippen molar-refractivity contribution in [2.75, 3.05) is 37.4 Å². The molecular weight excluding hydrogens is 680 g/mol. The van der Waals surface area contributed by atoms with Crippen molar-refractivity contribution in [1.29, 1.82) is 0 Å². The van der Waals surface area contributed by atoms with E-state index in [2.05, 4.69) is 20.9 Å². The highest BCUT2D eigenvalue weighted by atomic mass is 32.2. The molecule has 0 aromatic carbocycles. The van der Waals surface area contributed by atoms with Gasteiger partial charge in [-0.2, -0.15) is 13.2 Å². The number of oxime groups is 1. The van der Waals surface area contributed by atoms with Gasteiger partial charge in [-0.3, -0.25) is 19.9 Å². The van der Waals surface area contributed by atoms with Gasteiger partial charge in [-0.1, -0.05) is 5.16 Å². The first kappa shape index (κ1) is 34.5. The summed E-state index contributed by atoms with van der Waals surface area (Å²) in [4.78, 5) is 59.2. The average molecular weight is 706 g/mol. The maximum absolute atomic E-state index is 13.1. The zero-order valence-corrected chi connectivity index (χ0v) is 26.0. The number of hydrogen-bond acceptors (Lipinski definition) is 15. The van der Waals surface area contributed by atoms with Crippen LogP contribution in [-0.2, 0) is 24.0 Å². The molecule has 1 aromatic heterocycles. The van der Waals surface area contributed by atoms with Gasteiger partial charge in [0.05, 0.1) is 5.03 Å². The molecule has 8 N–H and O–H groups in total. The third-order valence-corrected chi connectivity index (χ3v) is 9.22. The van der Waals surface area contributed by atoms with Gasteiger partial charge >= 0.3 is 18.1 Å². The van der Waals surface area contributed by atoms with E-state index in [-0.39, 0.29) is 28.8 Å². The summed E-state index contributed by atoms with van der Waals surface area (Å²) in [5, 5.41) is 27.6. The molecule has 1 aromatic rings. The minimum atomic E-state index is -5.08. The number of alkyl halides is 3. The quantitative estimate of drug-likeness (QED) is 0.110. The van der Waals surface area contributed by atoms with Crippen LogP contribution in [0.4, 0.5) is 18.3 Å². The van der Waals surface area contributed by atoms with Crippen molar-refractivity contribution < 1.29 is 47.4 Å². The molecule has 0 bridgehead atoms. The van der Waals surface area contributed by atoms with Crippen molar-refractivity contribution in [3.63, 3.8) is 0 Å². The van der Waals surface area contributed by atoms with Crippen molar-refractivity contribution >= 4 is 69.5 Å². The molecule has 5 rings (SSSR count). The zero-order chi connectivity index (χ0) is 33.8. The van der Waals surface area contributed by atoms with Crippen molar-refractivity contribution in [2.45, 2.75) is 17.6 Å². The van der Waals surface area contributed by atoms with Crippen molar-refractivity contribution in [1.82, 2.24) is 30.5 Å². The summed E-state index contributed by atoms with van der Waals surface area (Å²) in [6, 6.07) is -0.932. The van der Waals surface area contributed by atoms with Crippen LogP contribution in [-0.4, -0.2) is 109 Å². The second-order valence-electron chi connectivity index (χ2n) is 9.22. The van der Waals surface area contributed by atoms with E-state index in [1.165, 1.54) is 23.8 Å². The Hall–Kier alpha value is -4.41. The molecule has 1 saturated heterocycles. The fourth-order valence-corrected chi connectivity index (χ4v) is 6.86. The Morgan fingerprint density at radius 2 is 2.00 bits per heavy atom. The number of allylic oxidation sites excluding steroid dienone is 2. The highest BCUT2D eigenvalue weighted by Gasteiger charge is 2.54. The number of amides is 2. The van der Waals surface area contributed by atoms with Crippen LogP contribution in [0.15, 0.2) is 57.2 Å². The minimum absolute atomic E-state index is 0.0711. The Labute approximate surface area is 270 Å². The highest BCUT2D eigenvalue weighted by Crippen LogP contribution is 2.41. The number of nitrogens with one attached hydrogen (secondary N) is 2. The van der Waals surface area contributed by atoms with Gasteiger partial charge in [0.25, 0.3) is 11.8 Å². The summed E-state index contributed by atoms with van der Waals surface area (Å²) in [5.74, 6) is -3.19. The zero-order valence-electron chi connectivity index (χ0n) is 23.6. The van der Waals surface area contributed by atoms with Crippen molar-refractivity contribution in [2.24, 2.45) is 10.9 Å². The van der Waals surface area contributed by atoms with E-state index in [0.717, 1.165) is 27.9 Å². The Morgan fingerprint density at radius 3 is 2.59 bits per heavy atom. The van der Waals surface area contributed by atoms with Gasteiger partial charge in [0.1, 0.15) is 35.7 Å². The predicted molar refractivity (Wildman–Crippen MR) is 162 cm³/mol. The number of β-lactam (4-membered cyclic amide) rings is 1. The molecule has 0 unspecified atom stereocenters. The van der Waals surface area contributed by atoms with Crippen molar-refractivity contribution in [3.05, 3.63) is 57.7 Å². The van der Waals surface area contributed by atoms with E-state index >= 15 is 0 Å². The normalized spacial score (nSPS) is 20.4. The van der Waals surface area contributed by atoms with Gasteiger partial charge in [-0.15, -0.1) is 34.9 Å². The van der Waals surface area contributed by atoms with Crippen LogP contribution >= 0.6 is 34.9 Å². The van der Waals surface area contributed by atoms with Crippen LogP contribution in [0.25, 0.3) is 0 Å². The third kappa shape index (κ3) is 7.51. The first-order valence-corrected chi connectivity index (χ1v) is 15.8. The summed E-state index contributed by atoms with van der Waals surface area (Å²) in [6.45, 7) is 0.841. The largest absolute Gasteiger partial charge is 0.490 e. The number of halogens is 3. The number of nitrogens with two attached hydrogens (primary N) is 2. The predicted octanol–water partition coefficient (Wildman–Crippen LogP) is 0.429. The number of hydrazine groups is 1. The lowest BCUT2D eigenvalue weighted by Gasteiger charge is -2.49. The lowest BCUT2D eigenvalue weighted by Crippen LogP contribution is -2.71. The number of nitrogens with zero attached hydrogens (tertiary/aromatic N) is 5. The van der Waals surface area contributed by atoms with Gasteiger partial charge in [-0.25, -0.2) is 19.6 Å². The number of nitrogen functional groups attached to an aromatic ring is 1. The Morgan fingerprint density at radius 1 is 1.28 bits per heavy atom. The molecule has 0 spiro atoms. The highest BCUT2D eigenvalue weighted by molar-refractivity contribution is 8.03. The summed E-state index contributed by atoms with van der Waals surface area (Å²) < 4.78 is 31.7. The van der Waals surface area contributed by atoms with Crippen LogP contribution in [0.5, 0.6) is 0 Å². The number of rotatable bonds is 10. The molecule has 2 atom stereocenters. The van der Waals surface area contributed by atoms with Crippen LogP contribution in [0.2, 0.25) is 0 Å². The summed E-state index contributed by atoms with van der Waals surface area (Å²) in [5.41, 5.74) is 15.1. The summed E-state index contributed by atoms with van der Waals surface area (Å²) in [6.07, 6.45) is 2.48. The van der Waals surface area contributed by atoms with Crippen LogP contribution in [0, 0.1) is 0 Å². The number of fused-ring (bicyclic) bond motifs is 2. The van der Waals surface area contributed by atoms with Gasteiger partial charge in [0.15, 0.2) is 10.8 Å². The molecule has 0 aliphatic carbocycles. The average Bonchev–Trinajstić information content (AvgIpc) is 3.62. The van der Waals surface area contributed by atoms with E-state index in [4.69, 9.17) is 26.2 Å². The van der Waals surface area contributed by atoms with E-state index in [0.29, 0.717) is 17.9 Å². The van der Waals surface area contributed by atoms with Crippen LogP contribution in [0.1, 0.15) is 5.69 Å². The van der Waals surface area contributed by atoms with E-state index in [1.807, 2.05) is 34.5 Å². The number of carbonyl (C=O) groups excluding carboxylic acids is 2. The number of carboxylic acids is 2. The molecule has 5 heterocycles. The molecule has 46 heavy (non-hydrogen) atoms. The molecule has 22 heteroatoms. The first-order valence-electron chi connectivity index (χ1n) is 12.9. The van der Waals surface area contributed by atoms with Gasteiger partial charge in [0.2, 0.25) is 0 Å². The van der Waals surface area contributed by atoms with E-state index in [9.17, 15) is 32.7 Å². The topological polar surface area (TPSA) is 229 Å². The number of aromatic nitrogens is 1. The number of hydrogen-bond donors (Lipinski definition) is 6. The number of aliphatic carboxylic acids is 2. The first-order chi connectivity index (χ1) is 21.8. The molecule has 0 radical (unpaired) electrons.